The third kappa shape index (κ3) is 6.51. The van der Waals surface area contributed by atoms with E-state index in [2.05, 4.69) is 30.3 Å². The monoisotopic (exact) mass is 451 g/mol. The summed E-state index contributed by atoms with van der Waals surface area (Å²) in [5.41, 5.74) is 1.68. The normalized spacial score (nSPS) is 11.4. The first-order valence-electron chi connectivity index (χ1n) is 9.62. The number of nitrogens with zero attached hydrogens (tertiary/aromatic N) is 3. The lowest BCUT2D eigenvalue weighted by Gasteiger charge is -2.17. The summed E-state index contributed by atoms with van der Waals surface area (Å²) < 4.78 is 60.1. The number of hydrogen-bond donors (Lipinski definition) is 2. The number of nitrogens with one attached hydrogen (secondary N) is 2. The van der Waals surface area contributed by atoms with Gasteiger partial charge in [-0.3, -0.25) is 0 Å². The van der Waals surface area contributed by atoms with Crippen molar-refractivity contribution in [3.05, 3.63) is 54.9 Å². The zero-order valence-electron chi connectivity index (χ0n) is 17.1. The second-order valence-electron chi connectivity index (χ2n) is 6.59. The molecule has 0 spiro atoms. The molecule has 2 aromatic heterocycles. The third-order valence-corrected chi connectivity index (χ3v) is 4.14. The average molecular weight is 451 g/mol. The number of ether oxygens (including phenoxy) is 2. The summed E-state index contributed by atoms with van der Waals surface area (Å²) in [6.07, 6.45) is -4.53. The van der Waals surface area contributed by atoms with Crippen LogP contribution in [0, 0.1) is 0 Å². The molecule has 1 aromatic carbocycles. The molecule has 11 heteroatoms. The smallest absolute Gasteiger partial charge is 0.428 e. The van der Waals surface area contributed by atoms with Crippen LogP contribution in [0.1, 0.15) is 6.42 Å². The Morgan fingerprint density at radius 1 is 1.06 bits per heavy atom. The predicted octanol–water partition coefficient (Wildman–Crippen LogP) is 4.97. The van der Waals surface area contributed by atoms with E-state index in [1.54, 1.807) is 25.4 Å². The first-order valence-corrected chi connectivity index (χ1v) is 9.62. The van der Waals surface area contributed by atoms with Crippen LogP contribution in [0.4, 0.5) is 35.0 Å². The van der Waals surface area contributed by atoms with Crippen molar-refractivity contribution in [2.45, 2.75) is 19.0 Å². The van der Waals surface area contributed by atoms with Gasteiger partial charge in [-0.1, -0.05) is 6.07 Å². The van der Waals surface area contributed by atoms with E-state index in [0.29, 0.717) is 30.4 Å². The molecule has 0 atom stereocenters. The van der Waals surface area contributed by atoms with Crippen LogP contribution in [0.2, 0.25) is 0 Å². The molecule has 2 heterocycles. The Bertz CT molecular complexity index is 1020. The molecular formula is C21H21F4N5O2. The van der Waals surface area contributed by atoms with Gasteiger partial charge < -0.3 is 20.1 Å². The second-order valence-corrected chi connectivity index (χ2v) is 6.59. The summed E-state index contributed by atoms with van der Waals surface area (Å²) in [5.74, 6) is 0.443. The molecular weight excluding hydrogens is 430 g/mol. The highest BCUT2D eigenvalue weighted by molar-refractivity contribution is 5.65. The number of anilines is 3. The Hall–Kier alpha value is -3.47. The van der Waals surface area contributed by atoms with E-state index in [1.165, 1.54) is 18.3 Å². The Labute approximate surface area is 181 Å². The van der Waals surface area contributed by atoms with Crippen molar-refractivity contribution in [2.24, 2.45) is 0 Å². The first kappa shape index (κ1) is 23.2. The highest BCUT2D eigenvalue weighted by atomic mass is 19.3. The SMILES string of the molecule is COCCCNc1cc(-c2ccnc(Nc3cccc(OC(F)(F)C(F)F)c3)n2)ccn1. The molecule has 0 fully saturated rings. The maximum Gasteiger partial charge on any atom is 0.461 e. The van der Waals surface area contributed by atoms with Gasteiger partial charge in [-0.05, 0) is 36.8 Å². The van der Waals surface area contributed by atoms with Gasteiger partial charge in [-0.2, -0.15) is 17.6 Å². The summed E-state index contributed by atoms with van der Waals surface area (Å²) in [7, 11) is 1.64. The van der Waals surface area contributed by atoms with Crippen LogP contribution in [-0.2, 0) is 4.74 Å². The van der Waals surface area contributed by atoms with E-state index in [0.717, 1.165) is 24.1 Å². The van der Waals surface area contributed by atoms with Crippen molar-refractivity contribution in [3.8, 4) is 17.0 Å². The fourth-order valence-corrected chi connectivity index (χ4v) is 2.67. The summed E-state index contributed by atoms with van der Waals surface area (Å²) in [6.45, 7) is 1.34. The number of aromatic nitrogens is 3. The van der Waals surface area contributed by atoms with Crippen LogP contribution in [0.15, 0.2) is 54.9 Å². The van der Waals surface area contributed by atoms with Gasteiger partial charge in [0.2, 0.25) is 5.95 Å². The lowest BCUT2D eigenvalue weighted by atomic mass is 10.2. The average Bonchev–Trinajstić information content (AvgIpc) is 2.77. The molecule has 0 aliphatic heterocycles. The lowest BCUT2D eigenvalue weighted by Crippen LogP contribution is -2.33. The summed E-state index contributed by atoms with van der Waals surface area (Å²) in [6, 6.07) is 10.5. The van der Waals surface area contributed by atoms with Crippen molar-refractivity contribution in [1.29, 1.82) is 0 Å². The minimum absolute atomic E-state index is 0.187. The lowest BCUT2D eigenvalue weighted by molar-refractivity contribution is -0.253. The number of alkyl halides is 4. The standard InChI is InChI=1S/C21H21F4N5O2/c1-31-11-3-8-26-18-12-14(6-9-27-18)17-7-10-28-20(30-17)29-15-4-2-5-16(13-15)32-21(24,25)19(22)23/h2,4-7,9-10,12-13,19H,3,8,11H2,1H3,(H,26,27)(H,28,29,30). The van der Waals surface area contributed by atoms with Crippen LogP contribution in [0.25, 0.3) is 11.3 Å². The molecule has 2 N–H and O–H groups in total. The molecule has 32 heavy (non-hydrogen) atoms. The molecule has 0 saturated heterocycles. The van der Waals surface area contributed by atoms with E-state index in [4.69, 9.17) is 4.74 Å². The van der Waals surface area contributed by atoms with Crippen molar-refractivity contribution in [3.63, 3.8) is 0 Å². The number of benzene rings is 1. The largest absolute Gasteiger partial charge is 0.461 e. The molecule has 0 unspecified atom stereocenters. The van der Waals surface area contributed by atoms with E-state index < -0.39 is 18.3 Å². The fraction of sp³-hybridized carbons (Fsp3) is 0.286. The van der Waals surface area contributed by atoms with Gasteiger partial charge in [0.1, 0.15) is 11.6 Å². The van der Waals surface area contributed by atoms with Gasteiger partial charge in [-0.25, -0.2) is 15.0 Å². The summed E-state index contributed by atoms with van der Waals surface area (Å²) in [5, 5.41) is 6.05. The molecule has 0 amide bonds. The van der Waals surface area contributed by atoms with E-state index in [9.17, 15) is 17.6 Å². The van der Waals surface area contributed by atoms with Crippen LogP contribution < -0.4 is 15.4 Å². The minimum atomic E-state index is -4.59. The number of rotatable bonds is 11. The maximum atomic E-state index is 13.1. The molecule has 0 saturated carbocycles. The van der Waals surface area contributed by atoms with Crippen molar-refractivity contribution in [2.75, 3.05) is 30.9 Å². The summed E-state index contributed by atoms with van der Waals surface area (Å²) in [4.78, 5) is 12.8. The molecule has 0 aliphatic carbocycles. The molecule has 0 aliphatic rings. The van der Waals surface area contributed by atoms with Gasteiger partial charge >= 0.3 is 12.5 Å². The number of halogens is 4. The van der Waals surface area contributed by atoms with Gasteiger partial charge in [0, 0.05) is 50.0 Å². The topological polar surface area (TPSA) is 81.2 Å². The van der Waals surface area contributed by atoms with E-state index in [1.807, 2.05) is 6.07 Å². The van der Waals surface area contributed by atoms with Gasteiger partial charge in [-0.15, -0.1) is 0 Å². The zero-order chi connectivity index (χ0) is 23.0. The number of methoxy groups -OCH3 is 1. The summed E-state index contributed by atoms with van der Waals surface area (Å²) >= 11 is 0. The Morgan fingerprint density at radius 2 is 1.88 bits per heavy atom. The van der Waals surface area contributed by atoms with Crippen LogP contribution in [0.5, 0.6) is 5.75 Å². The maximum absolute atomic E-state index is 13.1. The molecule has 3 aromatic rings. The van der Waals surface area contributed by atoms with Crippen molar-refractivity contribution >= 4 is 17.5 Å². The quantitative estimate of drug-likeness (QED) is 0.315. The highest BCUT2D eigenvalue weighted by Crippen LogP contribution is 2.29. The molecule has 7 nitrogen and oxygen atoms in total. The van der Waals surface area contributed by atoms with Crippen molar-refractivity contribution < 1.29 is 27.0 Å². The second kappa shape index (κ2) is 10.7. The minimum Gasteiger partial charge on any atom is -0.428 e. The van der Waals surface area contributed by atoms with Crippen molar-refractivity contribution in [1.82, 2.24) is 15.0 Å². The molecule has 3 rings (SSSR count). The van der Waals surface area contributed by atoms with Gasteiger partial charge in [0.25, 0.3) is 0 Å². The number of pyridine rings is 1. The Morgan fingerprint density at radius 3 is 2.66 bits per heavy atom. The fourth-order valence-electron chi connectivity index (χ4n) is 2.67. The van der Waals surface area contributed by atoms with Crippen LogP contribution >= 0.6 is 0 Å². The first-order chi connectivity index (χ1) is 15.4. The molecule has 0 bridgehead atoms. The predicted molar refractivity (Wildman–Crippen MR) is 112 cm³/mol. The van der Waals surface area contributed by atoms with Crippen LogP contribution in [-0.4, -0.2) is 47.7 Å². The zero-order valence-corrected chi connectivity index (χ0v) is 17.1. The Balaban J connectivity index is 1.71. The highest BCUT2D eigenvalue weighted by Gasteiger charge is 2.43. The third-order valence-electron chi connectivity index (χ3n) is 4.14. The molecule has 0 radical (unpaired) electrons. The van der Waals surface area contributed by atoms with E-state index in [-0.39, 0.29) is 5.95 Å². The Kier molecular flexibility index (Phi) is 7.77. The van der Waals surface area contributed by atoms with Crippen LogP contribution in [0.3, 0.4) is 0 Å². The van der Waals surface area contributed by atoms with Gasteiger partial charge in [0.05, 0.1) is 5.69 Å². The molecule has 170 valence electrons. The number of hydrogen-bond acceptors (Lipinski definition) is 7. The van der Waals surface area contributed by atoms with Gasteiger partial charge in [0.15, 0.2) is 0 Å². The van der Waals surface area contributed by atoms with E-state index >= 15 is 0 Å².